The van der Waals surface area contributed by atoms with Crippen LogP contribution in [0.5, 0.6) is 11.5 Å². The van der Waals surface area contributed by atoms with Gasteiger partial charge in [-0.2, -0.15) is 0 Å². The standard InChI is InChI=1S/C29H44N4O4S/c1-21-18-25(36-6)19-22(2)29(21)38(35)32(5)15-13-28(34)30-24-8-9-26(27(20-24)37-7)33-16-11-23(12-17-33)10-14-31(3)4/h8-9,18-20,23H,10-17H2,1-7H3,(H,30,34). The van der Waals surface area contributed by atoms with Gasteiger partial charge in [-0.3, -0.25) is 4.79 Å². The van der Waals surface area contributed by atoms with Gasteiger partial charge < -0.3 is 24.6 Å². The number of rotatable bonds is 12. The van der Waals surface area contributed by atoms with E-state index in [4.69, 9.17) is 9.47 Å². The second kappa shape index (κ2) is 14.0. The first-order chi connectivity index (χ1) is 18.1. The van der Waals surface area contributed by atoms with E-state index >= 15 is 0 Å². The van der Waals surface area contributed by atoms with Crippen LogP contribution in [0.15, 0.2) is 35.2 Å². The second-order valence-corrected chi connectivity index (χ2v) is 11.9. The molecule has 2 aromatic rings. The summed E-state index contributed by atoms with van der Waals surface area (Å²) in [4.78, 5) is 18.1. The van der Waals surface area contributed by atoms with Crippen molar-refractivity contribution >= 4 is 28.3 Å². The Balaban J connectivity index is 1.54. The quantitative estimate of drug-likeness (QED) is 0.425. The monoisotopic (exact) mass is 544 g/mol. The summed E-state index contributed by atoms with van der Waals surface area (Å²) in [6.07, 6.45) is 3.83. The maximum atomic E-state index is 13.2. The van der Waals surface area contributed by atoms with E-state index in [9.17, 15) is 9.00 Å². The maximum absolute atomic E-state index is 13.2. The Hall–Kier alpha value is -2.62. The van der Waals surface area contributed by atoms with Crippen LogP contribution in [0.25, 0.3) is 0 Å². The number of aryl methyl sites for hydroxylation is 2. The van der Waals surface area contributed by atoms with E-state index < -0.39 is 11.0 Å². The first kappa shape index (κ1) is 29.9. The zero-order chi connectivity index (χ0) is 27.8. The zero-order valence-corrected chi connectivity index (χ0v) is 24.8. The van der Waals surface area contributed by atoms with Gasteiger partial charge in [-0.25, -0.2) is 8.51 Å². The number of amides is 1. The first-order valence-corrected chi connectivity index (χ1v) is 14.4. The van der Waals surface area contributed by atoms with Crippen molar-refractivity contribution in [3.05, 3.63) is 41.5 Å². The summed E-state index contributed by atoms with van der Waals surface area (Å²) in [5, 5.41) is 2.97. The molecule has 0 spiro atoms. The Kier molecular flexibility index (Phi) is 11.0. The molecule has 0 radical (unpaired) electrons. The molecular weight excluding hydrogens is 500 g/mol. The molecule has 1 atom stereocenters. The summed E-state index contributed by atoms with van der Waals surface area (Å²) in [5.74, 6) is 2.14. The SMILES string of the molecule is COc1cc(C)c(S(=O)N(C)CCC(=O)Nc2ccc(N3CCC(CCN(C)C)CC3)c(OC)c2)c(C)c1. The largest absolute Gasteiger partial charge is 0.497 e. The summed E-state index contributed by atoms with van der Waals surface area (Å²) in [5.41, 5.74) is 3.57. The minimum atomic E-state index is -1.37. The highest BCUT2D eigenvalue weighted by molar-refractivity contribution is 7.82. The van der Waals surface area contributed by atoms with Gasteiger partial charge in [0.1, 0.15) is 22.5 Å². The molecule has 9 heteroatoms. The first-order valence-electron chi connectivity index (χ1n) is 13.3. The number of carbonyl (C=O) groups is 1. The molecule has 1 fully saturated rings. The van der Waals surface area contributed by atoms with Crippen LogP contribution < -0.4 is 19.7 Å². The Labute approximate surface area is 230 Å². The zero-order valence-electron chi connectivity index (χ0n) is 24.0. The molecule has 210 valence electrons. The molecule has 3 rings (SSSR count). The van der Waals surface area contributed by atoms with Gasteiger partial charge in [0.05, 0.1) is 24.8 Å². The lowest BCUT2D eigenvalue weighted by Gasteiger charge is -2.34. The highest BCUT2D eigenvalue weighted by Crippen LogP contribution is 2.34. The number of hydrogen-bond acceptors (Lipinski definition) is 6. The molecule has 1 heterocycles. The number of hydrogen-bond donors (Lipinski definition) is 1. The third-order valence-corrected chi connectivity index (χ3v) is 8.93. The van der Waals surface area contributed by atoms with E-state index in [0.717, 1.165) is 58.8 Å². The highest BCUT2D eigenvalue weighted by atomic mass is 32.2. The summed E-state index contributed by atoms with van der Waals surface area (Å²) in [7, 11) is 7.95. The number of piperidine rings is 1. The third-order valence-electron chi connectivity index (χ3n) is 7.18. The topological polar surface area (TPSA) is 74.4 Å². The number of nitrogens with one attached hydrogen (secondary N) is 1. The van der Waals surface area contributed by atoms with Crippen LogP contribution in [0.2, 0.25) is 0 Å². The Morgan fingerprint density at radius 3 is 2.26 bits per heavy atom. The van der Waals surface area contributed by atoms with E-state index in [1.807, 2.05) is 44.2 Å². The number of anilines is 2. The predicted octanol–water partition coefficient (Wildman–Crippen LogP) is 4.47. The van der Waals surface area contributed by atoms with Gasteiger partial charge in [-0.05, 0) is 95.1 Å². The minimum absolute atomic E-state index is 0.131. The Morgan fingerprint density at radius 1 is 1.03 bits per heavy atom. The van der Waals surface area contributed by atoms with E-state index in [0.29, 0.717) is 12.2 Å². The van der Waals surface area contributed by atoms with Crippen LogP contribution >= 0.6 is 0 Å². The van der Waals surface area contributed by atoms with E-state index in [1.165, 1.54) is 19.3 Å². The minimum Gasteiger partial charge on any atom is -0.497 e. The summed E-state index contributed by atoms with van der Waals surface area (Å²) < 4.78 is 25.9. The Bertz CT molecular complexity index is 1090. The van der Waals surface area contributed by atoms with E-state index in [1.54, 1.807) is 25.6 Å². The molecule has 1 saturated heterocycles. The van der Waals surface area contributed by atoms with Gasteiger partial charge in [0.25, 0.3) is 0 Å². The normalized spacial score (nSPS) is 15.1. The van der Waals surface area contributed by atoms with E-state index in [2.05, 4.69) is 29.2 Å². The number of nitrogens with zero attached hydrogens (tertiary/aromatic N) is 3. The molecule has 0 aliphatic carbocycles. The van der Waals surface area contributed by atoms with Crippen LogP contribution in [0.3, 0.4) is 0 Å². The average molecular weight is 545 g/mol. The lowest BCUT2D eigenvalue weighted by Crippen LogP contribution is -2.34. The lowest BCUT2D eigenvalue weighted by molar-refractivity contribution is -0.116. The van der Waals surface area contributed by atoms with Crippen LogP contribution in [-0.2, 0) is 15.8 Å². The number of benzene rings is 2. The average Bonchev–Trinajstić information content (AvgIpc) is 2.90. The van der Waals surface area contributed by atoms with Crippen LogP contribution in [-0.4, -0.2) is 80.9 Å². The summed E-state index contributed by atoms with van der Waals surface area (Å²) in [6, 6.07) is 9.61. The molecule has 1 unspecified atom stereocenters. The molecule has 8 nitrogen and oxygen atoms in total. The molecule has 0 aromatic heterocycles. The molecule has 1 aliphatic heterocycles. The smallest absolute Gasteiger partial charge is 0.225 e. The van der Waals surface area contributed by atoms with Crippen molar-refractivity contribution in [2.75, 3.05) is 71.8 Å². The summed E-state index contributed by atoms with van der Waals surface area (Å²) in [6.45, 7) is 7.37. The number of carbonyl (C=O) groups excluding carboxylic acids is 1. The molecule has 1 aliphatic rings. The van der Waals surface area contributed by atoms with E-state index in [-0.39, 0.29) is 12.3 Å². The highest BCUT2D eigenvalue weighted by Gasteiger charge is 2.22. The van der Waals surface area contributed by atoms with Crippen molar-refractivity contribution in [2.24, 2.45) is 5.92 Å². The van der Waals surface area contributed by atoms with Gasteiger partial charge >= 0.3 is 0 Å². The molecule has 2 aromatic carbocycles. The van der Waals surface area contributed by atoms with Crippen molar-refractivity contribution in [1.82, 2.24) is 9.21 Å². The molecule has 1 N–H and O–H groups in total. The van der Waals surface area contributed by atoms with Gasteiger partial charge in [0.2, 0.25) is 5.91 Å². The fraction of sp³-hybridized carbons (Fsp3) is 0.552. The van der Waals surface area contributed by atoms with Crippen molar-refractivity contribution < 1.29 is 18.5 Å². The van der Waals surface area contributed by atoms with Crippen molar-refractivity contribution in [3.63, 3.8) is 0 Å². The predicted molar refractivity (Wildman–Crippen MR) is 156 cm³/mol. The number of ether oxygens (including phenoxy) is 2. The van der Waals surface area contributed by atoms with Crippen LogP contribution in [0.4, 0.5) is 11.4 Å². The fourth-order valence-corrected chi connectivity index (χ4v) is 6.18. The van der Waals surface area contributed by atoms with Gasteiger partial charge in [0.15, 0.2) is 0 Å². The van der Waals surface area contributed by atoms with Gasteiger partial charge in [-0.1, -0.05) is 0 Å². The molecule has 0 bridgehead atoms. The van der Waals surface area contributed by atoms with Gasteiger partial charge in [0, 0.05) is 44.9 Å². The second-order valence-electron chi connectivity index (χ2n) is 10.4. The third kappa shape index (κ3) is 7.94. The van der Waals surface area contributed by atoms with Crippen molar-refractivity contribution in [2.45, 2.75) is 44.4 Å². The molecular formula is C29H44N4O4S. The maximum Gasteiger partial charge on any atom is 0.225 e. The molecule has 1 amide bonds. The lowest BCUT2D eigenvalue weighted by atomic mass is 9.93. The molecule has 38 heavy (non-hydrogen) atoms. The van der Waals surface area contributed by atoms with Gasteiger partial charge in [-0.15, -0.1) is 0 Å². The Morgan fingerprint density at radius 2 is 1.68 bits per heavy atom. The van der Waals surface area contributed by atoms with Crippen LogP contribution in [0.1, 0.15) is 36.8 Å². The van der Waals surface area contributed by atoms with Crippen molar-refractivity contribution in [3.8, 4) is 11.5 Å². The molecule has 0 saturated carbocycles. The van der Waals surface area contributed by atoms with Crippen LogP contribution in [0, 0.1) is 19.8 Å². The summed E-state index contributed by atoms with van der Waals surface area (Å²) >= 11 is 0. The fourth-order valence-electron chi connectivity index (χ4n) is 4.94. The number of methoxy groups -OCH3 is 2. The van der Waals surface area contributed by atoms with Crippen molar-refractivity contribution in [1.29, 1.82) is 0 Å².